The average Bonchev–Trinajstić information content (AvgIpc) is 2.56. The summed E-state index contributed by atoms with van der Waals surface area (Å²) in [6, 6.07) is 8.07. The quantitative estimate of drug-likeness (QED) is 0.889. The van der Waals surface area contributed by atoms with E-state index in [1.165, 1.54) is 23.1 Å². The molecule has 0 bridgehead atoms. The molecule has 0 aliphatic heterocycles. The van der Waals surface area contributed by atoms with Crippen molar-refractivity contribution >= 4 is 11.7 Å². The molecule has 2 amide bonds. The second kappa shape index (κ2) is 7.81. The van der Waals surface area contributed by atoms with Crippen LogP contribution in [0.2, 0.25) is 0 Å². The van der Waals surface area contributed by atoms with Gasteiger partial charge in [0.05, 0.1) is 11.3 Å². The number of hydrogen-bond donors (Lipinski definition) is 1. The number of carbonyl (C=O) groups is 1. The number of hydrogen-bond acceptors (Lipinski definition) is 2. The van der Waals surface area contributed by atoms with E-state index in [4.69, 9.17) is 0 Å². The van der Waals surface area contributed by atoms with E-state index in [1.54, 1.807) is 19.3 Å². The normalized spacial score (nSPS) is 11.2. The predicted octanol–water partition coefficient (Wildman–Crippen LogP) is 4.20. The van der Waals surface area contributed by atoms with Crippen LogP contribution < -0.4 is 5.32 Å². The van der Waals surface area contributed by atoms with E-state index in [2.05, 4.69) is 10.3 Å². The molecule has 0 aliphatic rings. The standard InChI is InChI=1S/C17H18F3N3O/c1-2-23(12-9-13-7-10-21-11-8-13)16(24)22-15-6-4-3-5-14(15)17(18,19)20/h3-8,10-11H,2,9,12H2,1H3,(H,22,24). The van der Waals surface area contributed by atoms with Crippen LogP contribution >= 0.6 is 0 Å². The van der Waals surface area contributed by atoms with E-state index in [-0.39, 0.29) is 5.69 Å². The first kappa shape index (κ1) is 17.8. The molecule has 0 saturated carbocycles. The molecule has 1 aromatic carbocycles. The van der Waals surface area contributed by atoms with Gasteiger partial charge in [0.1, 0.15) is 0 Å². The molecule has 128 valence electrons. The van der Waals surface area contributed by atoms with E-state index in [9.17, 15) is 18.0 Å². The van der Waals surface area contributed by atoms with Gasteiger partial charge in [-0.05, 0) is 43.2 Å². The van der Waals surface area contributed by atoms with Crippen LogP contribution in [0.1, 0.15) is 18.1 Å². The third kappa shape index (κ3) is 4.71. The Balaban J connectivity index is 2.05. The molecule has 0 saturated heterocycles. The Labute approximate surface area is 138 Å². The summed E-state index contributed by atoms with van der Waals surface area (Å²) in [6.07, 6.45) is -0.598. The van der Waals surface area contributed by atoms with Crippen molar-refractivity contribution < 1.29 is 18.0 Å². The molecule has 0 unspecified atom stereocenters. The molecule has 1 N–H and O–H groups in total. The second-order valence-electron chi connectivity index (χ2n) is 5.16. The van der Waals surface area contributed by atoms with Gasteiger partial charge in [-0.25, -0.2) is 4.79 Å². The summed E-state index contributed by atoms with van der Waals surface area (Å²) in [5.74, 6) is 0. The zero-order valence-corrected chi connectivity index (χ0v) is 13.2. The molecule has 2 aromatic rings. The molecule has 0 fully saturated rings. The van der Waals surface area contributed by atoms with E-state index in [0.717, 1.165) is 11.6 Å². The Morgan fingerprint density at radius 2 is 1.83 bits per heavy atom. The van der Waals surface area contributed by atoms with Crippen LogP contribution in [0.4, 0.5) is 23.7 Å². The molecule has 24 heavy (non-hydrogen) atoms. The van der Waals surface area contributed by atoms with Crippen molar-refractivity contribution in [2.24, 2.45) is 0 Å². The highest BCUT2D eigenvalue weighted by atomic mass is 19.4. The number of alkyl halides is 3. The summed E-state index contributed by atoms with van der Waals surface area (Å²) in [4.78, 5) is 17.7. The van der Waals surface area contributed by atoms with Gasteiger partial charge in [0.2, 0.25) is 0 Å². The lowest BCUT2D eigenvalue weighted by Crippen LogP contribution is -2.36. The Bertz CT molecular complexity index is 674. The van der Waals surface area contributed by atoms with Crippen molar-refractivity contribution in [3.05, 3.63) is 59.9 Å². The molecule has 0 atom stereocenters. The van der Waals surface area contributed by atoms with Gasteiger partial charge >= 0.3 is 12.2 Å². The van der Waals surface area contributed by atoms with E-state index >= 15 is 0 Å². The van der Waals surface area contributed by atoms with Crippen molar-refractivity contribution in [1.29, 1.82) is 0 Å². The minimum Gasteiger partial charge on any atom is -0.324 e. The van der Waals surface area contributed by atoms with Crippen LogP contribution in [0.15, 0.2) is 48.8 Å². The van der Waals surface area contributed by atoms with E-state index < -0.39 is 17.8 Å². The van der Waals surface area contributed by atoms with Crippen molar-refractivity contribution in [2.45, 2.75) is 19.5 Å². The highest BCUT2D eigenvalue weighted by Gasteiger charge is 2.33. The molecule has 2 rings (SSSR count). The number of para-hydroxylation sites is 1. The van der Waals surface area contributed by atoms with Gasteiger partial charge in [-0.15, -0.1) is 0 Å². The smallest absolute Gasteiger partial charge is 0.324 e. The molecule has 0 radical (unpaired) electrons. The predicted molar refractivity (Wildman–Crippen MR) is 85.7 cm³/mol. The van der Waals surface area contributed by atoms with Crippen LogP contribution in [0.3, 0.4) is 0 Å². The van der Waals surface area contributed by atoms with Crippen LogP contribution in [0.5, 0.6) is 0 Å². The number of benzene rings is 1. The SMILES string of the molecule is CCN(CCc1ccncc1)C(=O)Nc1ccccc1C(F)(F)F. The number of halogens is 3. The van der Waals surface area contributed by atoms with Gasteiger partial charge in [-0.1, -0.05) is 12.1 Å². The third-order valence-electron chi connectivity index (χ3n) is 3.56. The fourth-order valence-corrected chi connectivity index (χ4v) is 2.25. The number of amides is 2. The van der Waals surface area contributed by atoms with Crippen molar-refractivity contribution in [2.75, 3.05) is 18.4 Å². The van der Waals surface area contributed by atoms with Crippen LogP contribution in [0.25, 0.3) is 0 Å². The molecule has 0 aliphatic carbocycles. The van der Waals surface area contributed by atoms with Gasteiger partial charge in [0.15, 0.2) is 0 Å². The summed E-state index contributed by atoms with van der Waals surface area (Å²) < 4.78 is 38.9. The first-order valence-corrected chi connectivity index (χ1v) is 7.53. The largest absolute Gasteiger partial charge is 0.418 e. The number of carbonyl (C=O) groups excluding carboxylic acids is 1. The van der Waals surface area contributed by atoms with Crippen molar-refractivity contribution in [1.82, 2.24) is 9.88 Å². The molecule has 4 nitrogen and oxygen atoms in total. The lowest BCUT2D eigenvalue weighted by Gasteiger charge is -2.22. The summed E-state index contributed by atoms with van der Waals surface area (Å²) in [5.41, 5.74) is -0.0900. The van der Waals surface area contributed by atoms with Crippen LogP contribution in [0, 0.1) is 0 Å². The summed E-state index contributed by atoms with van der Waals surface area (Å²) >= 11 is 0. The van der Waals surface area contributed by atoms with E-state index in [1.807, 2.05) is 12.1 Å². The van der Waals surface area contributed by atoms with Crippen LogP contribution in [-0.4, -0.2) is 29.0 Å². The zero-order chi connectivity index (χ0) is 17.6. The number of nitrogens with one attached hydrogen (secondary N) is 1. The van der Waals surface area contributed by atoms with Crippen molar-refractivity contribution in [3.8, 4) is 0 Å². The highest BCUT2D eigenvalue weighted by Crippen LogP contribution is 2.34. The lowest BCUT2D eigenvalue weighted by atomic mass is 10.1. The van der Waals surface area contributed by atoms with Gasteiger partial charge in [-0.2, -0.15) is 13.2 Å². The number of pyridine rings is 1. The van der Waals surface area contributed by atoms with E-state index in [0.29, 0.717) is 19.5 Å². The molecule has 1 heterocycles. The molecular formula is C17H18F3N3O. The van der Waals surface area contributed by atoms with Gasteiger partial charge in [0, 0.05) is 25.5 Å². The minimum absolute atomic E-state index is 0.239. The monoisotopic (exact) mass is 337 g/mol. The maximum absolute atomic E-state index is 13.0. The topological polar surface area (TPSA) is 45.2 Å². The Morgan fingerprint density at radius 1 is 1.17 bits per heavy atom. The van der Waals surface area contributed by atoms with Gasteiger partial charge in [-0.3, -0.25) is 4.98 Å². The molecule has 1 aromatic heterocycles. The number of nitrogens with zero attached hydrogens (tertiary/aromatic N) is 2. The number of rotatable bonds is 5. The summed E-state index contributed by atoms with van der Waals surface area (Å²) in [6.45, 7) is 2.58. The molecule has 0 spiro atoms. The average molecular weight is 337 g/mol. The third-order valence-corrected chi connectivity index (χ3v) is 3.56. The maximum Gasteiger partial charge on any atom is 0.418 e. The highest BCUT2D eigenvalue weighted by molar-refractivity contribution is 5.90. The first-order valence-electron chi connectivity index (χ1n) is 7.53. The fraction of sp³-hybridized carbons (Fsp3) is 0.294. The Kier molecular flexibility index (Phi) is 5.78. The fourth-order valence-electron chi connectivity index (χ4n) is 2.25. The first-order chi connectivity index (χ1) is 11.4. The van der Waals surface area contributed by atoms with Crippen molar-refractivity contribution in [3.63, 3.8) is 0 Å². The summed E-state index contributed by atoms with van der Waals surface area (Å²) in [5, 5.41) is 2.36. The van der Waals surface area contributed by atoms with Gasteiger partial charge in [0.25, 0.3) is 0 Å². The molecular weight excluding hydrogens is 319 g/mol. The number of aromatic nitrogens is 1. The Hall–Kier alpha value is -2.57. The second-order valence-corrected chi connectivity index (χ2v) is 5.16. The van der Waals surface area contributed by atoms with Crippen LogP contribution in [-0.2, 0) is 12.6 Å². The van der Waals surface area contributed by atoms with Gasteiger partial charge < -0.3 is 10.2 Å². The Morgan fingerprint density at radius 3 is 2.46 bits per heavy atom. The lowest BCUT2D eigenvalue weighted by molar-refractivity contribution is -0.136. The zero-order valence-electron chi connectivity index (χ0n) is 13.2. The maximum atomic E-state index is 13.0. The number of likely N-dealkylation sites (N-methyl/N-ethyl adjacent to an activating group) is 1. The molecule has 7 heteroatoms. The minimum atomic E-state index is -4.52. The summed E-state index contributed by atoms with van der Waals surface area (Å²) in [7, 11) is 0. The number of urea groups is 1. The number of anilines is 1.